The summed E-state index contributed by atoms with van der Waals surface area (Å²) in [4.78, 5) is 44.1. The van der Waals surface area contributed by atoms with E-state index in [1.54, 1.807) is 56.7 Å². The second-order valence-corrected chi connectivity index (χ2v) is 11.6. The van der Waals surface area contributed by atoms with Gasteiger partial charge in [0, 0.05) is 27.1 Å². The van der Waals surface area contributed by atoms with E-state index in [0.717, 1.165) is 16.0 Å². The third kappa shape index (κ3) is 8.62. The molecule has 0 saturated carbocycles. The quantitative estimate of drug-likeness (QED) is 0.0986. The second-order valence-electron chi connectivity index (χ2n) is 9.71. The predicted molar refractivity (Wildman–Crippen MR) is 183 cm³/mol. The first-order valence-corrected chi connectivity index (χ1v) is 15.9. The zero-order valence-electron chi connectivity index (χ0n) is 25.0. The Morgan fingerprint density at radius 1 is 0.826 bits per heavy atom. The summed E-state index contributed by atoms with van der Waals surface area (Å²) in [6.07, 6.45) is 1.62. The topological polar surface area (TPSA) is 119 Å². The van der Waals surface area contributed by atoms with Crippen LogP contribution in [0.15, 0.2) is 119 Å². The van der Waals surface area contributed by atoms with Crippen molar-refractivity contribution < 1.29 is 23.9 Å². The molecule has 4 aromatic carbocycles. The molecule has 5 aromatic rings. The van der Waals surface area contributed by atoms with Crippen molar-refractivity contribution in [2.24, 2.45) is 0 Å². The van der Waals surface area contributed by atoms with Gasteiger partial charge in [0.15, 0.2) is 16.6 Å². The molecule has 46 heavy (non-hydrogen) atoms. The number of carbonyl (C=O) groups is 3. The third-order valence-corrected chi connectivity index (χ3v) is 8.32. The van der Waals surface area contributed by atoms with E-state index in [0.29, 0.717) is 33.6 Å². The number of hydrogen-bond acceptors (Lipinski definition) is 8. The molecule has 0 fully saturated rings. The lowest BCUT2D eigenvalue weighted by Crippen LogP contribution is -2.30. The number of aromatic nitrogens is 1. The van der Waals surface area contributed by atoms with Gasteiger partial charge in [-0.1, -0.05) is 48.5 Å². The lowest BCUT2D eigenvalue weighted by Gasteiger charge is -2.12. The number of thiazole rings is 1. The van der Waals surface area contributed by atoms with Crippen LogP contribution in [0.25, 0.3) is 17.3 Å². The molecular formula is C35H30N4O5S2. The number of benzene rings is 4. The number of methoxy groups -OCH3 is 2. The zero-order valence-corrected chi connectivity index (χ0v) is 26.6. The molecule has 0 atom stereocenters. The summed E-state index contributed by atoms with van der Waals surface area (Å²) in [6.45, 7) is 0. The highest BCUT2D eigenvalue weighted by Crippen LogP contribution is 2.33. The molecule has 3 N–H and O–H groups in total. The molecule has 0 aliphatic heterocycles. The van der Waals surface area contributed by atoms with Crippen molar-refractivity contribution in [3.05, 3.63) is 125 Å². The number of rotatable bonds is 12. The molecule has 1 aromatic heterocycles. The second kappa shape index (κ2) is 15.6. The number of amides is 3. The van der Waals surface area contributed by atoms with Gasteiger partial charge in [-0.3, -0.25) is 14.4 Å². The van der Waals surface area contributed by atoms with Crippen LogP contribution >= 0.6 is 23.1 Å². The van der Waals surface area contributed by atoms with E-state index >= 15 is 0 Å². The van der Waals surface area contributed by atoms with Gasteiger partial charge < -0.3 is 25.4 Å². The lowest BCUT2D eigenvalue weighted by atomic mass is 10.1. The van der Waals surface area contributed by atoms with E-state index in [1.165, 1.54) is 23.1 Å². The fourth-order valence-corrected chi connectivity index (χ4v) is 5.69. The first-order chi connectivity index (χ1) is 22.4. The molecule has 0 aliphatic rings. The van der Waals surface area contributed by atoms with Gasteiger partial charge in [0.1, 0.15) is 5.70 Å². The van der Waals surface area contributed by atoms with Crippen LogP contribution in [0.4, 0.5) is 10.8 Å². The van der Waals surface area contributed by atoms with E-state index in [2.05, 4.69) is 20.9 Å². The molecule has 0 unspecified atom stereocenters. The van der Waals surface area contributed by atoms with E-state index in [-0.39, 0.29) is 17.4 Å². The first-order valence-electron chi connectivity index (χ1n) is 14.1. The summed E-state index contributed by atoms with van der Waals surface area (Å²) >= 11 is 2.69. The fourth-order valence-electron chi connectivity index (χ4n) is 4.25. The Morgan fingerprint density at radius 2 is 1.52 bits per heavy atom. The summed E-state index contributed by atoms with van der Waals surface area (Å²) < 4.78 is 10.7. The maximum atomic E-state index is 13.2. The highest BCUT2D eigenvalue weighted by molar-refractivity contribution is 8.00. The summed E-state index contributed by atoms with van der Waals surface area (Å²) in [5.74, 6) is 0.341. The van der Waals surface area contributed by atoms with Crippen molar-refractivity contribution in [3.8, 4) is 22.8 Å². The first kappa shape index (κ1) is 32.0. The van der Waals surface area contributed by atoms with Gasteiger partial charge in [0.2, 0.25) is 5.91 Å². The molecule has 9 nitrogen and oxygen atoms in total. The van der Waals surface area contributed by atoms with Gasteiger partial charge in [-0.25, -0.2) is 4.98 Å². The molecule has 232 valence electrons. The molecule has 0 radical (unpaired) electrons. The van der Waals surface area contributed by atoms with E-state index in [1.807, 2.05) is 72.1 Å². The number of ether oxygens (including phenoxy) is 2. The highest BCUT2D eigenvalue weighted by Gasteiger charge is 2.16. The predicted octanol–water partition coefficient (Wildman–Crippen LogP) is 6.97. The van der Waals surface area contributed by atoms with Crippen LogP contribution in [0.3, 0.4) is 0 Å². The van der Waals surface area contributed by atoms with Crippen molar-refractivity contribution in [2.45, 2.75) is 4.90 Å². The van der Waals surface area contributed by atoms with Crippen molar-refractivity contribution in [1.82, 2.24) is 10.3 Å². The Bertz CT molecular complexity index is 1840. The molecule has 0 spiro atoms. The summed E-state index contributed by atoms with van der Waals surface area (Å²) in [5.41, 5.74) is 3.41. The van der Waals surface area contributed by atoms with Crippen molar-refractivity contribution >= 4 is 57.7 Å². The maximum absolute atomic E-state index is 13.2. The smallest absolute Gasteiger partial charge is 0.272 e. The molecule has 3 amide bonds. The van der Waals surface area contributed by atoms with Gasteiger partial charge in [-0.05, 0) is 66.2 Å². The van der Waals surface area contributed by atoms with Crippen LogP contribution in [-0.4, -0.2) is 42.7 Å². The average Bonchev–Trinajstić information content (AvgIpc) is 3.56. The maximum Gasteiger partial charge on any atom is 0.272 e. The Morgan fingerprint density at radius 3 is 2.22 bits per heavy atom. The van der Waals surface area contributed by atoms with Gasteiger partial charge in [-0.2, -0.15) is 0 Å². The SMILES string of the molecule is COc1ccc(-c2csc(NC(=O)CSc3ccc(NC(=O)/C(=C/c4ccccc4)NC(=O)c4ccccc4)cc3)n2)cc1OC. The molecule has 0 saturated heterocycles. The van der Waals surface area contributed by atoms with E-state index in [9.17, 15) is 14.4 Å². The minimum Gasteiger partial charge on any atom is -0.493 e. The van der Waals surface area contributed by atoms with Crippen LogP contribution in [0.1, 0.15) is 15.9 Å². The number of nitrogens with zero attached hydrogens (tertiary/aromatic N) is 1. The number of carbonyl (C=O) groups excluding carboxylic acids is 3. The van der Waals surface area contributed by atoms with Crippen LogP contribution in [0.5, 0.6) is 11.5 Å². The summed E-state index contributed by atoms with van der Waals surface area (Å²) in [6, 6.07) is 30.6. The number of nitrogens with one attached hydrogen (secondary N) is 3. The zero-order chi connectivity index (χ0) is 32.3. The van der Waals surface area contributed by atoms with E-state index < -0.39 is 11.8 Å². The number of hydrogen-bond donors (Lipinski definition) is 3. The molecular weight excluding hydrogens is 621 g/mol. The minimum absolute atomic E-state index is 0.103. The van der Waals surface area contributed by atoms with Crippen LogP contribution in [0.2, 0.25) is 0 Å². The van der Waals surface area contributed by atoms with Crippen LogP contribution in [0, 0.1) is 0 Å². The van der Waals surface area contributed by atoms with Crippen molar-refractivity contribution in [1.29, 1.82) is 0 Å². The number of thioether (sulfide) groups is 1. The standard InChI is InChI=1S/C35H30N4O5S2/c1-43-30-18-13-25(20-31(30)44-2)29-21-46-35(38-29)39-32(40)22-45-27-16-14-26(15-17-27)36-34(42)28(19-23-9-5-3-6-10-23)37-33(41)24-11-7-4-8-12-24/h3-21H,22H2,1-2H3,(H,36,42)(H,37,41)(H,38,39,40)/b28-19-. The highest BCUT2D eigenvalue weighted by atomic mass is 32.2. The lowest BCUT2D eigenvalue weighted by molar-refractivity contribution is -0.114. The van der Waals surface area contributed by atoms with Crippen LogP contribution in [-0.2, 0) is 9.59 Å². The Hall–Kier alpha value is -5.39. The molecule has 11 heteroatoms. The summed E-state index contributed by atoms with van der Waals surface area (Å²) in [7, 11) is 3.15. The summed E-state index contributed by atoms with van der Waals surface area (Å²) in [5, 5.41) is 10.8. The van der Waals surface area contributed by atoms with Gasteiger partial charge in [0.25, 0.3) is 11.8 Å². The molecule has 0 aliphatic carbocycles. The monoisotopic (exact) mass is 650 g/mol. The average molecular weight is 651 g/mol. The molecule has 5 rings (SSSR count). The number of anilines is 2. The Labute approximate surface area is 274 Å². The van der Waals surface area contributed by atoms with Gasteiger partial charge in [0.05, 0.1) is 25.7 Å². The molecule has 0 bridgehead atoms. The van der Waals surface area contributed by atoms with Gasteiger partial charge >= 0.3 is 0 Å². The third-order valence-electron chi connectivity index (χ3n) is 6.55. The van der Waals surface area contributed by atoms with Crippen molar-refractivity contribution in [2.75, 3.05) is 30.6 Å². The Kier molecular flexibility index (Phi) is 10.8. The van der Waals surface area contributed by atoms with Crippen LogP contribution < -0.4 is 25.4 Å². The largest absolute Gasteiger partial charge is 0.493 e. The molecule has 1 heterocycles. The van der Waals surface area contributed by atoms with Gasteiger partial charge in [-0.15, -0.1) is 23.1 Å². The fraction of sp³-hybridized carbons (Fsp3) is 0.0857. The Balaban J connectivity index is 1.16. The van der Waals surface area contributed by atoms with E-state index in [4.69, 9.17) is 9.47 Å². The normalized spacial score (nSPS) is 11.0. The minimum atomic E-state index is -0.469. The van der Waals surface area contributed by atoms with Crippen molar-refractivity contribution in [3.63, 3.8) is 0 Å².